The van der Waals surface area contributed by atoms with Crippen molar-refractivity contribution in [3.8, 4) is 0 Å². The molecule has 1 rings (SSSR count). The summed E-state index contributed by atoms with van der Waals surface area (Å²) >= 11 is 0. The predicted molar refractivity (Wildman–Crippen MR) is 39.7 cm³/mol. The van der Waals surface area contributed by atoms with E-state index in [1.165, 1.54) is 6.26 Å². The fraction of sp³-hybridized carbons (Fsp3) is 0.750. The van der Waals surface area contributed by atoms with Gasteiger partial charge in [-0.05, 0) is 6.42 Å². The quantitative estimate of drug-likeness (QED) is 0.555. The van der Waals surface area contributed by atoms with E-state index >= 15 is 0 Å². The average Bonchev–Trinajstić information content (AvgIpc) is 1.88. The summed E-state index contributed by atoms with van der Waals surface area (Å²) in [5.41, 5.74) is 0. The molecule has 2 nitrogen and oxygen atoms in total. The van der Waals surface area contributed by atoms with E-state index in [9.17, 15) is 0 Å². The van der Waals surface area contributed by atoms with Gasteiger partial charge in [-0.2, -0.15) is 0 Å². The van der Waals surface area contributed by atoms with Gasteiger partial charge in [0.2, 0.25) is 0 Å². The van der Waals surface area contributed by atoms with E-state index in [2.05, 4.69) is 13.5 Å². The number of ether oxygens (including phenoxy) is 2. The van der Waals surface area contributed by atoms with Gasteiger partial charge in [-0.3, -0.25) is 0 Å². The van der Waals surface area contributed by atoms with Gasteiger partial charge in [-0.15, -0.1) is 0 Å². The Balaban J connectivity index is 2.10. The first-order valence-electron chi connectivity index (χ1n) is 3.72. The standard InChI is InChI=1S/C8H14O2/c1-3-8-7(6-10-8)5-9-4-2/h4,7-8H,2-3,5-6H2,1H3. The van der Waals surface area contributed by atoms with Crippen LogP contribution in [0.5, 0.6) is 0 Å². The summed E-state index contributed by atoms with van der Waals surface area (Å²) in [7, 11) is 0. The molecule has 1 aliphatic heterocycles. The summed E-state index contributed by atoms with van der Waals surface area (Å²) < 4.78 is 10.3. The summed E-state index contributed by atoms with van der Waals surface area (Å²) in [6.07, 6.45) is 3.01. The van der Waals surface area contributed by atoms with Gasteiger partial charge in [-0.1, -0.05) is 13.5 Å². The number of hydrogen-bond donors (Lipinski definition) is 0. The monoisotopic (exact) mass is 142 g/mol. The zero-order chi connectivity index (χ0) is 7.40. The summed E-state index contributed by atoms with van der Waals surface area (Å²) in [5.74, 6) is 0.600. The minimum absolute atomic E-state index is 0.431. The first kappa shape index (κ1) is 7.61. The summed E-state index contributed by atoms with van der Waals surface area (Å²) in [6, 6.07) is 0. The molecule has 1 fully saturated rings. The second kappa shape index (κ2) is 3.62. The highest BCUT2D eigenvalue weighted by atomic mass is 16.5. The van der Waals surface area contributed by atoms with Crippen LogP contribution in [0.4, 0.5) is 0 Å². The fourth-order valence-electron chi connectivity index (χ4n) is 1.17. The smallest absolute Gasteiger partial charge is 0.0948 e. The molecule has 0 saturated carbocycles. The largest absolute Gasteiger partial charge is 0.501 e. The van der Waals surface area contributed by atoms with Crippen molar-refractivity contribution in [3.63, 3.8) is 0 Å². The molecule has 0 N–H and O–H groups in total. The highest BCUT2D eigenvalue weighted by Gasteiger charge is 2.30. The number of hydrogen-bond acceptors (Lipinski definition) is 2. The van der Waals surface area contributed by atoms with Crippen molar-refractivity contribution in [1.82, 2.24) is 0 Å². The maximum Gasteiger partial charge on any atom is 0.0948 e. The molecule has 1 aliphatic rings. The Morgan fingerprint density at radius 3 is 3.00 bits per heavy atom. The molecule has 0 aromatic rings. The lowest BCUT2D eigenvalue weighted by Gasteiger charge is -2.35. The van der Waals surface area contributed by atoms with Gasteiger partial charge in [0, 0.05) is 5.92 Å². The molecular weight excluding hydrogens is 128 g/mol. The minimum Gasteiger partial charge on any atom is -0.501 e. The molecular formula is C8H14O2. The van der Waals surface area contributed by atoms with E-state index in [0.29, 0.717) is 12.0 Å². The van der Waals surface area contributed by atoms with Crippen LogP contribution in [-0.2, 0) is 9.47 Å². The zero-order valence-electron chi connectivity index (χ0n) is 6.38. The van der Waals surface area contributed by atoms with Crippen LogP contribution in [0.25, 0.3) is 0 Å². The highest BCUT2D eigenvalue weighted by Crippen LogP contribution is 2.22. The van der Waals surface area contributed by atoms with Crippen molar-refractivity contribution in [2.45, 2.75) is 19.4 Å². The third kappa shape index (κ3) is 1.51. The Hall–Kier alpha value is -0.500. The van der Waals surface area contributed by atoms with Crippen molar-refractivity contribution >= 4 is 0 Å². The SMILES string of the molecule is C=COCC1COC1CC. The molecule has 0 spiro atoms. The lowest BCUT2D eigenvalue weighted by Crippen LogP contribution is -2.41. The summed E-state index contributed by atoms with van der Waals surface area (Å²) in [4.78, 5) is 0. The Morgan fingerprint density at radius 1 is 1.80 bits per heavy atom. The molecule has 0 amide bonds. The van der Waals surface area contributed by atoms with E-state index in [-0.39, 0.29) is 0 Å². The zero-order valence-corrected chi connectivity index (χ0v) is 6.38. The molecule has 10 heavy (non-hydrogen) atoms. The van der Waals surface area contributed by atoms with Crippen molar-refractivity contribution < 1.29 is 9.47 Å². The van der Waals surface area contributed by atoms with Gasteiger partial charge < -0.3 is 9.47 Å². The van der Waals surface area contributed by atoms with Crippen LogP contribution in [0.3, 0.4) is 0 Å². The van der Waals surface area contributed by atoms with Gasteiger partial charge in [0.05, 0.1) is 25.6 Å². The van der Waals surface area contributed by atoms with Gasteiger partial charge in [0.25, 0.3) is 0 Å². The molecule has 0 radical (unpaired) electrons. The third-order valence-corrected chi connectivity index (χ3v) is 1.88. The maximum atomic E-state index is 5.28. The highest BCUT2D eigenvalue weighted by molar-refractivity contribution is 4.77. The second-order valence-electron chi connectivity index (χ2n) is 2.54. The predicted octanol–water partition coefficient (Wildman–Crippen LogP) is 1.57. The Morgan fingerprint density at radius 2 is 2.60 bits per heavy atom. The molecule has 0 aliphatic carbocycles. The van der Waals surface area contributed by atoms with E-state index in [4.69, 9.17) is 9.47 Å². The lowest BCUT2D eigenvalue weighted by atomic mass is 9.97. The van der Waals surface area contributed by atoms with Crippen LogP contribution < -0.4 is 0 Å². The van der Waals surface area contributed by atoms with Gasteiger partial charge in [-0.25, -0.2) is 0 Å². The molecule has 2 unspecified atom stereocenters. The van der Waals surface area contributed by atoms with Crippen LogP contribution in [0.15, 0.2) is 12.8 Å². The first-order chi connectivity index (χ1) is 4.88. The molecule has 0 aromatic carbocycles. The van der Waals surface area contributed by atoms with Crippen molar-refractivity contribution in [1.29, 1.82) is 0 Å². The van der Waals surface area contributed by atoms with Crippen LogP contribution in [0.1, 0.15) is 13.3 Å². The molecule has 0 bridgehead atoms. The van der Waals surface area contributed by atoms with E-state index in [1.54, 1.807) is 0 Å². The van der Waals surface area contributed by atoms with E-state index in [0.717, 1.165) is 19.6 Å². The molecule has 2 heteroatoms. The molecule has 0 aromatic heterocycles. The van der Waals surface area contributed by atoms with Gasteiger partial charge in [0.1, 0.15) is 0 Å². The molecule has 58 valence electrons. The molecule has 1 saturated heterocycles. The van der Waals surface area contributed by atoms with Crippen LogP contribution in [0.2, 0.25) is 0 Å². The lowest BCUT2D eigenvalue weighted by molar-refractivity contribution is -0.132. The molecule has 2 atom stereocenters. The van der Waals surface area contributed by atoms with Crippen molar-refractivity contribution in [3.05, 3.63) is 12.8 Å². The topological polar surface area (TPSA) is 18.5 Å². The van der Waals surface area contributed by atoms with Crippen LogP contribution in [-0.4, -0.2) is 19.3 Å². The number of rotatable bonds is 4. The Labute approximate surface area is 61.8 Å². The second-order valence-corrected chi connectivity index (χ2v) is 2.54. The van der Waals surface area contributed by atoms with Crippen molar-refractivity contribution in [2.75, 3.05) is 13.2 Å². The third-order valence-electron chi connectivity index (χ3n) is 1.88. The normalized spacial score (nSPS) is 30.9. The summed E-state index contributed by atoms with van der Waals surface area (Å²) in [5, 5.41) is 0. The molecule has 1 heterocycles. The van der Waals surface area contributed by atoms with E-state index in [1.807, 2.05) is 0 Å². The Bertz CT molecular complexity index is 110. The van der Waals surface area contributed by atoms with Crippen LogP contribution in [0, 0.1) is 5.92 Å². The van der Waals surface area contributed by atoms with Crippen molar-refractivity contribution in [2.24, 2.45) is 5.92 Å². The van der Waals surface area contributed by atoms with Gasteiger partial charge >= 0.3 is 0 Å². The minimum atomic E-state index is 0.431. The maximum absolute atomic E-state index is 5.28. The van der Waals surface area contributed by atoms with Crippen LogP contribution >= 0.6 is 0 Å². The fourth-order valence-corrected chi connectivity index (χ4v) is 1.17. The summed E-state index contributed by atoms with van der Waals surface area (Å²) in [6.45, 7) is 7.23. The first-order valence-corrected chi connectivity index (χ1v) is 3.72. The Kier molecular flexibility index (Phi) is 2.75. The average molecular weight is 142 g/mol. The van der Waals surface area contributed by atoms with E-state index < -0.39 is 0 Å². The van der Waals surface area contributed by atoms with Gasteiger partial charge in [0.15, 0.2) is 0 Å².